The Bertz CT molecular complexity index is 1490. The highest BCUT2D eigenvalue weighted by Gasteiger charge is 2.38. The summed E-state index contributed by atoms with van der Waals surface area (Å²) in [5, 5.41) is 9.36. The maximum atomic E-state index is 15.0. The predicted octanol–water partition coefficient (Wildman–Crippen LogP) is 3.04. The number of ether oxygens (including phenoxy) is 2. The molecule has 1 aromatic heterocycles. The number of piperazine rings is 1. The maximum absolute atomic E-state index is 15.0. The number of carbonyl (C=O) groups excluding carboxylic acids is 2. The number of benzene rings is 1. The van der Waals surface area contributed by atoms with E-state index in [2.05, 4.69) is 4.90 Å². The average Bonchev–Trinajstić information content (AvgIpc) is 2.93. The molecule has 0 aliphatic carbocycles. The van der Waals surface area contributed by atoms with Crippen molar-refractivity contribution in [2.75, 3.05) is 44.7 Å². The minimum atomic E-state index is -1.32. The molecule has 2 saturated heterocycles. The first-order valence-corrected chi connectivity index (χ1v) is 14.5. The fourth-order valence-electron chi connectivity index (χ4n) is 5.28. The van der Waals surface area contributed by atoms with Gasteiger partial charge in [0.15, 0.2) is 17.3 Å². The molecule has 3 atom stereocenters. The van der Waals surface area contributed by atoms with E-state index in [0.29, 0.717) is 42.9 Å². The molecule has 3 unspecified atom stereocenters. The minimum absolute atomic E-state index is 0.0434. The molecule has 3 aliphatic rings. The molecule has 0 radical (unpaired) electrons. The third-order valence-corrected chi connectivity index (χ3v) is 7.86. The lowest BCUT2D eigenvalue weighted by molar-refractivity contribution is -0.168. The van der Waals surface area contributed by atoms with Crippen LogP contribution >= 0.6 is 0 Å². The van der Waals surface area contributed by atoms with Gasteiger partial charge < -0.3 is 34.7 Å². The van der Waals surface area contributed by atoms with Crippen LogP contribution in [0.3, 0.4) is 0 Å². The second kappa shape index (κ2) is 14.0. The number of likely N-dealkylation sites (N-methyl/N-ethyl adjacent to an activating group) is 1. The number of amides is 1. The molecule has 11 nitrogen and oxygen atoms in total. The van der Waals surface area contributed by atoms with Gasteiger partial charge in [0.05, 0.1) is 16.9 Å². The standard InChI is InChI=1S/C18H20FN3O4.C13H19NO3/c1-10-9-26-17-14-11(16(23)12(18(24)25)8-22(10)14)7-13(19)15(17)21-5-3-20(2)4-6-21;1-2-3-4-5-6-7-8-10(15)11-9-12(17-11)13(14)16/h7-8,10H,3-6,9H2,1-2H3,(H,24,25);2-3,5-6,11-12H,4,7-9H2,1H3,(H2,14,16)/b;3-2+,6-5+. The molecule has 1 aromatic carbocycles. The molecular weight excluding hydrogens is 559 g/mol. The van der Waals surface area contributed by atoms with Gasteiger partial charge in [-0.2, -0.15) is 0 Å². The minimum Gasteiger partial charge on any atom is -0.487 e. The summed E-state index contributed by atoms with van der Waals surface area (Å²) in [6, 6.07) is 0.994. The van der Waals surface area contributed by atoms with E-state index in [1.54, 1.807) is 4.57 Å². The van der Waals surface area contributed by atoms with Crippen molar-refractivity contribution >= 4 is 34.3 Å². The molecule has 232 valence electrons. The Kier molecular flexibility index (Phi) is 10.4. The molecule has 4 heterocycles. The highest BCUT2D eigenvalue weighted by Crippen LogP contribution is 2.42. The van der Waals surface area contributed by atoms with Crippen LogP contribution in [0.1, 0.15) is 55.9 Å². The number of Topliss-reactive ketones (excluding diaryl/α,β-unsaturated/α-hetero) is 1. The number of anilines is 1. The van der Waals surface area contributed by atoms with Crippen LogP contribution in [0.5, 0.6) is 5.75 Å². The van der Waals surface area contributed by atoms with Gasteiger partial charge in [-0.05, 0) is 39.8 Å². The number of allylic oxidation sites excluding steroid dienone is 4. The zero-order valence-corrected chi connectivity index (χ0v) is 24.8. The van der Waals surface area contributed by atoms with Gasteiger partial charge in [0, 0.05) is 45.2 Å². The monoisotopic (exact) mass is 598 g/mol. The molecule has 3 N–H and O–H groups in total. The number of aromatic carboxylic acids is 1. The van der Waals surface area contributed by atoms with E-state index in [-0.39, 0.29) is 29.4 Å². The SMILES string of the molecule is C/C=C/C/C=C/CCC(=O)C1CC(C(N)=O)O1.CC1COc2c(N3CCN(C)CC3)c(F)cc3c(=O)c(C(=O)O)cn1c23. The lowest BCUT2D eigenvalue weighted by atomic mass is 9.98. The summed E-state index contributed by atoms with van der Waals surface area (Å²) in [7, 11) is 2.02. The van der Waals surface area contributed by atoms with Gasteiger partial charge in [-0.1, -0.05) is 24.3 Å². The Labute approximate surface area is 249 Å². The molecule has 0 bridgehead atoms. The Morgan fingerprint density at radius 3 is 2.47 bits per heavy atom. The quantitative estimate of drug-likeness (QED) is 0.416. The molecule has 5 rings (SSSR count). The molecule has 1 amide bonds. The van der Waals surface area contributed by atoms with Gasteiger partial charge in [0.2, 0.25) is 11.3 Å². The number of nitrogens with zero attached hydrogens (tertiary/aromatic N) is 3. The first-order valence-electron chi connectivity index (χ1n) is 14.5. The topological polar surface area (TPSA) is 144 Å². The van der Waals surface area contributed by atoms with Crippen molar-refractivity contribution < 1.29 is 33.4 Å². The average molecular weight is 599 g/mol. The molecule has 43 heavy (non-hydrogen) atoms. The largest absolute Gasteiger partial charge is 0.487 e. The van der Waals surface area contributed by atoms with Crippen molar-refractivity contribution in [1.82, 2.24) is 9.47 Å². The van der Waals surface area contributed by atoms with Crippen LogP contribution in [0.4, 0.5) is 10.1 Å². The third kappa shape index (κ3) is 7.14. The van der Waals surface area contributed by atoms with Gasteiger partial charge >= 0.3 is 5.97 Å². The number of pyridine rings is 1. The summed E-state index contributed by atoms with van der Waals surface area (Å²) in [6.07, 6.45) is 10.9. The fraction of sp³-hybridized carbons (Fsp3) is 0.484. The van der Waals surface area contributed by atoms with Gasteiger partial charge in [0.1, 0.15) is 30.1 Å². The second-order valence-corrected chi connectivity index (χ2v) is 11.0. The zero-order chi connectivity index (χ0) is 31.3. The number of halogens is 1. The van der Waals surface area contributed by atoms with E-state index in [4.69, 9.17) is 15.2 Å². The van der Waals surface area contributed by atoms with Gasteiger partial charge in [-0.25, -0.2) is 9.18 Å². The summed E-state index contributed by atoms with van der Waals surface area (Å²) in [5.41, 5.74) is 4.81. The first-order chi connectivity index (χ1) is 20.5. The Balaban J connectivity index is 0.000000217. The van der Waals surface area contributed by atoms with E-state index < -0.39 is 35.3 Å². The number of aromatic nitrogens is 1. The van der Waals surface area contributed by atoms with Crippen molar-refractivity contribution in [3.8, 4) is 5.75 Å². The normalized spacial score (nSPS) is 21.8. The van der Waals surface area contributed by atoms with E-state index in [9.17, 15) is 28.7 Å². The third-order valence-electron chi connectivity index (χ3n) is 7.86. The Morgan fingerprint density at radius 1 is 1.14 bits per heavy atom. The van der Waals surface area contributed by atoms with E-state index >= 15 is 0 Å². The van der Waals surface area contributed by atoms with Crippen molar-refractivity contribution in [3.63, 3.8) is 0 Å². The number of ketones is 1. The van der Waals surface area contributed by atoms with Crippen LogP contribution in [0.25, 0.3) is 10.9 Å². The van der Waals surface area contributed by atoms with Crippen molar-refractivity contribution in [3.05, 3.63) is 58.2 Å². The second-order valence-electron chi connectivity index (χ2n) is 11.0. The maximum Gasteiger partial charge on any atom is 0.341 e. The highest BCUT2D eigenvalue weighted by molar-refractivity contribution is 5.97. The number of carboxylic acid groups (broad SMARTS) is 1. The number of rotatable bonds is 9. The van der Waals surface area contributed by atoms with Crippen molar-refractivity contribution in [1.29, 1.82) is 0 Å². The molecule has 3 aliphatic heterocycles. The van der Waals surface area contributed by atoms with Crippen LogP contribution in [0, 0.1) is 5.82 Å². The van der Waals surface area contributed by atoms with Crippen LogP contribution < -0.4 is 20.8 Å². The number of nitrogens with two attached hydrogens (primary N) is 1. The van der Waals surface area contributed by atoms with Crippen LogP contribution in [-0.4, -0.2) is 84.3 Å². The van der Waals surface area contributed by atoms with Gasteiger partial charge in [-0.15, -0.1) is 0 Å². The molecule has 0 saturated carbocycles. The number of carboxylic acids is 1. The summed E-state index contributed by atoms with van der Waals surface area (Å²) < 4.78 is 27.7. The molecule has 0 spiro atoms. The molecule has 2 aromatic rings. The van der Waals surface area contributed by atoms with Crippen LogP contribution in [-0.2, 0) is 14.3 Å². The highest BCUT2D eigenvalue weighted by atomic mass is 19.1. The Hall–Kier alpha value is -4.03. The van der Waals surface area contributed by atoms with Gasteiger partial charge in [-0.3, -0.25) is 14.4 Å². The smallest absolute Gasteiger partial charge is 0.341 e. The van der Waals surface area contributed by atoms with Crippen LogP contribution in [0.2, 0.25) is 0 Å². The summed E-state index contributed by atoms with van der Waals surface area (Å²) in [4.78, 5) is 50.3. The zero-order valence-electron chi connectivity index (χ0n) is 24.8. The summed E-state index contributed by atoms with van der Waals surface area (Å²) >= 11 is 0. The first kappa shape index (κ1) is 31.9. The molecular formula is C31H39FN4O7. The number of primary amides is 1. The van der Waals surface area contributed by atoms with Gasteiger partial charge in [0.25, 0.3) is 0 Å². The fourth-order valence-corrected chi connectivity index (χ4v) is 5.28. The predicted molar refractivity (Wildman–Crippen MR) is 160 cm³/mol. The molecule has 12 heteroatoms. The lowest BCUT2D eigenvalue weighted by Crippen LogP contribution is -2.49. The summed E-state index contributed by atoms with van der Waals surface area (Å²) in [6.45, 7) is 7.05. The number of carbonyl (C=O) groups is 3. The van der Waals surface area contributed by atoms with Crippen molar-refractivity contribution in [2.45, 2.75) is 57.8 Å². The van der Waals surface area contributed by atoms with E-state index in [0.717, 1.165) is 32.0 Å². The number of hydrogen-bond acceptors (Lipinski definition) is 8. The Morgan fingerprint density at radius 2 is 1.84 bits per heavy atom. The lowest BCUT2D eigenvalue weighted by Gasteiger charge is -2.37. The molecule has 2 fully saturated rings. The van der Waals surface area contributed by atoms with Crippen molar-refractivity contribution in [2.24, 2.45) is 5.73 Å². The van der Waals surface area contributed by atoms with Crippen LogP contribution in [0.15, 0.2) is 41.4 Å². The number of hydrogen-bond donors (Lipinski definition) is 2. The summed E-state index contributed by atoms with van der Waals surface area (Å²) in [5.74, 6) is -1.97. The van der Waals surface area contributed by atoms with E-state index in [1.165, 1.54) is 6.20 Å². The van der Waals surface area contributed by atoms with E-state index in [1.807, 2.05) is 50.1 Å².